The van der Waals surface area contributed by atoms with Crippen molar-refractivity contribution in [2.45, 2.75) is 19.4 Å². The third-order valence-electron chi connectivity index (χ3n) is 3.24. The number of benzene rings is 1. The van der Waals surface area contributed by atoms with E-state index in [0.717, 1.165) is 40.6 Å². The SMILES string of the molecule is Bc1c(O)c(Br)c2nc(Br)n3c2c1CCC3. The third kappa shape index (κ3) is 1.23. The van der Waals surface area contributed by atoms with Crippen molar-refractivity contribution in [3.05, 3.63) is 14.8 Å². The highest BCUT2D eigenvalue weighted by atomic mass is 79.9. The number of halogens is 2. The molecule has 0 saturated heterocycles. The zero-order valence-electron chi connectivity index (χ0n) is 8.72. The lowest BCUT2D eigenvalue weighted by molar-refractivity contribution is 0.476. The fraction of sp³-hybridized carbons (Fsp3) is 0.300. The third-order valence-corrected chi connectivity index (χ3v) is 4.60. The van der Waals surface area contributed by atoms with Crippen LogP contribution >= 0.6 is 31.9 Å². The number of nitrogens with zero attached hydrogens (tertiary/aromatic N) is 2. The predicted molar refractivity (Wildman–Crippen MR) is 73.3 cm³/mol. The Hall–Kier alpha value is -0.485. The van der Waals surface area contributed by atoms with Crippen LogP contribution in [0.3, 0.4) is 0 Å². The number of imidazole rings is 1. The number of aryl methyl sites for hydroxylation is 2. The molecule has 0 aliphatic carbocycles. The molecule has 1 aromatic carbocycles. The summed E-state index contributed by atoms with van der Waals surface area (Å²) in [5.74, 6) is 0.321. The second kappa shape index (κ2) is 3.50. The van der Waals surface area contributed by atoms with Crippen molar-refractivity contribution in [3.63, 3.8) is 0 Å². The van der Waals surface area contributed by atoms with Crippen LogP contribution < -0.4 is 5.46 Å². The number of phenols is 1. The van der Waals surface area contributed by atoms with Gasteiger partial charge in [-0.15, -0.1) is 0 Å². The van der Waals surface area contributed by atoms with Crippen LogP contribution in [0, 0.1) is 0 Å². The van der Waals surface area contributed by atoms with Gasteiger partial charge in [0.15, 0.2) is 4.73 Å². The summed E-state index contributed by atoms with van der Waals surface area (Å²) < 4.78 is 3.71. The maximum Gasteiger partial charge on any atom is 0.178 e. The van der Waals surface area contributed by atoms with Gasteiger partial charge in [-0.3, -0.25) is 0 Å². The molecular formula is C10H9BBr2N2O. The number of hydrogen-bond donors (Lipinski definition) is 1. The zero-order chi connectivity index (χ0) is 11.4. The summed E-state index contributed by atoms with van der Waals surface area (Å²) in [6.07, 6.45) is 2.11. The Morgan fingerprint density at radius 1 is 1.38 bits per heavy atom. The van der Waals surface area contributed by atoms with Gasteiger partial charge < -0.3 is 9.67 Å². The summed E-state index contributed by atoms with van der Waals surface area (Å²) in [5, 5.41) is 10.0. The molecule has 3 rings (SSSR count). The van der Waals surface area contributed by atoms with Crippen molar-refractivity contribution in [1.29, 1.82) is 0 Å². The van der Waals surface area contributed by atoms with E-state index in [1.807, 2.05) is 7.85 Å². The Labute approximate surface area is 111 Å². The van der Waals surface area contributed by atoms with Crippen molar-refractivity contribution in [1.82, 2.24) is 9.55 Å². The number of phenolic OH excluding ortho intramolecular Hbond substituents is 1. The molecule has 0 bridgehead atoms. The predicted octanol–water partition coefficient (Wildman–Crippen LogP) is 1.47. The Kier molecular flexibility index (Phi) is 2.33. The molecule has 3 nitrogen and oxygen atoms in total. The second-order valence-corrected chi connectivity index (χ2v) is 5.60. The highest BCUT2D eigenvalue weighted by molar-refractivity contribution is 9.11. The van der Waals surface area contributed by atoms with E-state index in [2.05, 4.69) is 41.4 Å². The average Bonchev–Trinajstić information content (AvgIpc) is 2.63. The van der Waals surface area contributed by atoms with Gasteiger partial charge in [-0.05, 0) is 55.7 Å². The van der Waals surface area contributed by atoms with Crippen LogP contribution in [0.25, 0.3) is 11.0 Å². The van der Waals surface area contributed by atoms with E-state index in [9.17, 15) is 5.11 Å². The minimum atomic E-state index is 0.321. The smallest absolute Gasteiger partial charge is 0.178 e. The van der Waals surface area contributed by atoms with E-state index < -0.39 is 0 Å². The number of aromatic nitrogens is 2. The van der Waals surface area contributed by atoms with Gasteiger partial charge in [0.05, 0.1) is 9.99 Å². The van der Waals surface area contributed by atoms with E-state index in [-0.39, 0.29) is 0 Å². The monoisotopic (exact) mass is 342 g/mol. The van der Waals surface area contributed by atoms with Crippen molar-refractivity contribution in [2.24, 2.45) is 0 Å². The van der Waals surface area contributed by atoms with Crippen molar-refractivity contribution < 1.29 is 5.11 Å². The topological polar surface area (TPSA) is 38.1 Å². The highest BCUT2D eigenvalue weighted by Crippen LogP contribution is 2.36. The standard InChI is InChI=1S/C10H9BBr2N2O/c11-5-4-2-1-3-15-8(4)7(14-10(15)13)6(12)9(5)16/h16H,1-3,11H2. The summed E-state index contributed by atoms with van der Waals surface area (Å²) >= 11 is 6.89. The van der Waals surface area contributed by atoms with E-state index in [1.165, 1.54) is 5.56 Å². The molecule has 16 heavy (non-hydrogen) atoms. The maximum atomic E-state index is 10.0. The minimum absolute atomic E-state index is 0.321. The molecule has 0 atom stereocenters. The van der Waals surface area contributed by atoms with Gasteiger partial charge in [0, 0.05) is 6.54 Å². The normalized spacial score (nSPS) is 14.6. The lowest BCUT2D eigenvalue weighted by atomic mass is 9.85. The molecule has 1 aromatic heterocycles. The van der Waals surface area contributed by atoms with Crippen LogP contribution in [0.15, 0.2) is 9.21 Å². The molecule has 2 heterocycles. The van der Waals surface area contributed by atoms with Crippen LogP contribution in [-0.2, 0) is 13.0 Å². The first-order valence-corrected chi connectivity index (χ1v) is 6.75. The first kappa shape index (κ1) is 10.7. The molecule has 2 aromatic rings. The summed E-state index contributed by atoms with van der Waals surface area (Å²) in [6, 6.07) is 0. The van der Waals surface area contributed by atoms with E-state index >= 15 is 0 Å². The van der Waals surface area contributed by atoms with Gasteiger partial charge in [0.2, 0.25) is 0 Å². The lowest BCUT2D eigenvalue weighted by Gasteiger charge is -2.19. The summed E-state index contributed by atoms with van der Waals surface area (Å²) in [5.41, 5.74) is 4.19. The summed E-state index contributed by atoms with van der Waals surface area (Å²) in [6.45, 7) is 0.987. The molecule has 82 valence electrons. The van der Waals surface area contributed by atoms with Gasteiger partial charge in [-0.2, -0.15) is 0 Å². The van der Waals surface area contributed by atoms with Crippen molar-refractivity contribution in [2.75, 3.05) is 0 Å². The van der Waals surface area contributed by atoms with Gasteiger partial charge in [-0.1, -0.05) is 0 Å². The van der Waals surface area contributed by atoms with Crippen molar-refractivity contribution in [3.8, 4) is 5.75 Å². The Morgan fingerprint density at radius 3 is 2.88 bits per heavy atom. The Balaban J connectivity index is 2.57. The van der Waals surface area contributed by atoms with Gasteiger partial charge in [0.1, 0.15) is 19.1 Å². The molecule has 0 saturated carbocycles. The van der Waals surface area contributed by atoms with Gasteiger partial charge in [-0.25, -0.2) is 4.98 Å². The fourth-order valence-corrected chi connectivity index (χ4v) is 3.51. The van der Waals surface area contributed by atoms with Crippen LogP contribution in [0.2, 0.25) is 0 Å². The molecule has 0 fully saturated rings. The van der Waals surface area contributed by atoms with Gasteiger partial charge >= 0.3 is 0 Å². The number of rotatable bonds is 0. The molecule has 0 spiro atoms. The fourth-order valence-electron chi connectivity index (χ4n) is 2.41. The largest absolute Gasteiger partial charge is 0.507 e. The molecule has 0 amide bonds. The Bertz CT molecular complexity index is 609. The molecule has 1 aliphatic heterocycles. The van der Waals surface area contributed by atoms with Crippen LogP contribution in [0.1, 0.15) is 12.0 Å². The van der Waals surface area contributed by atoms with Crippen LogP contribution in [0.5, 0.6) is 5.75 Å². The van der Waals surface area contributed by atoms with Gasteiger partial charge in [0.25, 0.3) is 0 Å². The van der Waals surface area contributed by atoms with E-state index in [4.69, 9.17) is 0 Å². The Morgan fingerprint density at radius 2 is 2.12 bits per heavy atom. The van der Waals surface area contributed by atoms with Crippen LogP contribution in [-0.4, -0.2) is 22.5 Å². The average molecular weight is 344 g/mol. The number of hydrogen-bond acceptors (Lipinski definition) is 2. The first-order valence-electron chi connectivity index (χ1n) is 5.17. The summed E-state index contributed by atoms with van der Waals surface area (Å²) in [7, 11) is 1.96. The molecule has 1 aliphatic rings. The molecule has 0 unspecified atom stereocenters. The molecule has 6 heteroatoms. The van der Waals surface area contributed by atoms with E-state index in [0.29, 0.717) is 10.2 Å². The number of aromatic hydroxyl groups is 1. The molecule has 0 radical (unpaired) electrons. The zero-order valence-corrected chi connectivity index (χ0v) is 11.9. The van der Waals surface area contributed by atoms with E-state index in [1.54, 1.807) is 0 Å². The highest BCUT2D eigenvalue weighted by Gasteiger charge is 2.23. The van der Waals surface area contributed by atoms with Crippen molar-refractivity contribution >= 4 is 56.2 Å². The lowest BCUT2D eigenvalue weighted by Crippen LogP contribution is -2.18. The first-order chi connectivity index (χ1) is 7.61. The molecule has 1 N–H and O–H groups in total. The quantitative estimate of drug-likeness (QED) is 0.736. The maximum absolute atomic E-state index is 10.0. The molecular weight excluding hydrogens is 335 g/mol. The minimum Gasteiger partial charge on any atom is -0.507 e. The summed E-state index contributed by atoms with van der Waals surface area (Å²) in [4.78, 5) is 4.46. The second-order valence-electron chi connectivity index (χ2n) is 4.10. The van der Waals surface area contributed by atoms with Crippen LogP contribution in [0.4, 0.5) is 0 Å².